The van der Waals surface area contributed by atoms with E-state index in [0.29, 0.717) is 35.2 Å². The van der Waals surface area contributed by atoms with Crippen molar-refractivity contribution in [3.05, 3.63) is 79.8 Å². The molecule has 138 valence electrons. The van der Waals surface area contributed by atoms with Gasteiger partial charge in [0.25, 0.3) is 5.56 Å². The molecule has 0 amide bonds. The molecule has 9 heteroatoms. The minimum absolute atomic E-state index is 0.305. The zero-order valence-electron chi connectivity index (χ0n) is 14.4. The van der Waals surface area contributed by atoms with Gasteiger partial charge in [0.2, 0.25) is 5.95 Å². The van der Waals surface area contributed by atoms with Gasteiger partial charge in [-0.15, -0.1) is 0 Å². The van der Waals surface area contributed by atoms with Gasteiger partial charge in [-0.3, -0.25) is 18.9 Å². The van der Waals surface area contributed by atoms with Crippen molar-refractivity contribution >= 4 is 28.7 Å². The Hall–Kier alpha value is -3.26. The van der Waals surface area contributed by atoms with Gasteiger partial charge in [-0.25, -0.2) is 4.79 Å². The van der Waals surface area contributed by atoms with Crippen LogP contribution in [0.1, 0.15) is 11.3 Å². The van der Waals surface area contributed by atoms with Crippen molar-refractivity contribution in [2.75, 3.05) is 5.32 Å². The van der Waals surface area contributed by atoms with Gasteiger partial charge in [-0.05, 0) is 29.8 Å². The highest BCUT2D eigenvalue weighted by Gasteiger charge is 2.17. The van der Waals surface area contributed by atoms with Crippen LogP contribution in [0.2, 0.25) is 5.02 Å². The zero-order valence-corrected chi connectivity index (χ0v) is 15.2. The number of aryl methyl sites for hydroxylation is 1. The fourth-order valence-electron chi connectivity index (χ4n) is 2.88. The Morgan fingerprint density at radius 1 is 1.22 bits per heavy atom. The molecule has 27 heavy (non-hydrogen) atoms. The van der Waals surface area contributed by atoms with Gasteiger partial charge in [0.1, 0.15) is 5.76 Å². The lowest BCUT2D eigenvalue weighted by molar-refractivity contribution is 0.517. The molecule has 0 aliphatic carbocycles. The molecule has 0 saturated heterocycles. The molecule has 2 N–H and O–H groups in total. The van der Waals surface area contributed by atoms with Crippen LogP contribution in [0.3, 0.4) is 0 Å². The molecular weight excluding hydrogens is 370 g/mol. The van der Waals surface area contributed by atoms with E-state index < -0.39 is 11.2 Å². The summed E-state index contributed by atoms with van der Waals surface area (Å²) >= 11 is 5.96. The Bertz CT molecular complexity index is 1200. The number of furan rings is 1. The lowest BCUT2D eigenvalue weighted by Crippen LogP contribution is -2.29. The second kappa shape index (κ2) is 6.81. The molecule has 0 radical (unpaired) electrons. The number of aromatic amines is 1. The van der Waals surface area contributed by atoms with Crippen LogP contribution in [-0.4, -0.2) is 19.1 Å². The summed E-state index contributed by atoms with van der Waals surface area (Å²) < 4.78 is 8.38. The van der Waals surface area contributed by atoms with Crippen LogP contribution in [0.4, 0.5) is 5.95 Å². The third-order valence-corrected chi connectivity index (χ3v) is 4.51. The first-order chi connectivity index (χ1) is 13.0. The summed E-state index contributed by atoms with van der Waals surface area (Å²) in [6.07, 6.45) is 1.59. The average molecular weight is 386 g/mol. The molecule has 8 nitrogen and oxygen atoms in total. The van der Waals surface area contributed by atoms with Gasteiger partial charge >= 0.3 is 5.69 Å². The Balaban J connectivity index is 1.82. The molecule has 0 bridgehead atoms. The Morgan fingerprint density at radius 3 is 2.70 bits per heavy atom. The number of fused-ring (bicyclic) bond motifs is 1. The lowest BCUT2D eigenvalue weighted by Gasteiger charge is -2.10. The number of nitrogens with zero attached hydrogens (tertiary/aromatic N) is 3. The number of aromatic nitrogens is 4. The van der Waals surface area contributed by atoms with Gasteiger partial charge in [0.15, 0.2) is 11.2 Å². The first-order valence-corrected chi connectivity index (χ1v) is 8.61. The van der Waals surface area contributed by atoms with Crippen molar-refractivity contribution in [1.29, 1.82) is 0 Å². The van der Waals surface area contributed by atoms with E-state index in [4.69, 9.17) is 16.0 Å². The van der Waals surface area contributed by atoms with Crippen molar-refractivity contribution < 1.29 is 4.42 Å². The molecule has 0 aliphatic heterocycles. The minimum Gasteiger partial charge on any atom is -0.467 e. The zero-order chi connectivity index (χ0) is 19.0. The van der Waals surface area contributed by atoms with Crippen LogP contribution in [-0.2, 0) is 20.1 Å². The van der Waals surface area contributed by atoms with Crippen LogP contribution >= 0.6 is 11.6 Å². The van der Waals surface area contributed by atoms with Crippen LogP contribution in [0.25, 0.3) is 11.2 Å². The van der Waals surface area contributed by atoms with E-state index in [-0.39, 0.29) is 0 Å². The maximum atomic E-state index is 12.5. The highest BCUT2D eigenvalue weighted by molar-refractivity contribution is 6.30. The fraction of sp³-hybridized carbons (Fsp3) is 0.167. The number of halogens is 1. The van der Waals surface area contributed by atoms with Gasteiger partial charge in [0.05, 0.1) is 19.4 Å². The normalized spacial score (nSPS) is 11.2. The molecule has 4 aromatic rings. The summed E-state index contributed by atoms with van der Waals surface area (Å²) in [6.45, 7) is 0.776. The topological polar surface area (TPSA) is 97.8 Å². The van der Waals surface area contributed by atoms with Crippen LogP contribution < -0.4 is 16.6 Å². The number of nitrogens with one attached hydrogen (secondary N) is 2. The highest BCUT2D eigenvalue weighted by Crippen LogP contribution is 2.19. The molecule has 3 heterocycles. The summed E-state index contributed by atoms with van der Waals surface area (Å²) in [4.78, 5) is 31.2. The number of H-pyrrole nitrogens is 1. The maximum Gasteiger partial charge on any atom is 0.329 e. The molecule has 3 aromatic heterocycles. The summed E-state index contributed by atoms with van der Waals surface area (Å²) in [5.74, 6) is 1.19. The van der Waals surface area contributed by atoms with E-state index in [1.165, 1.54) is 4.57 Å². The molecule has 0 aliphatic rings. The predicted molar refractivity (Wildman–Crippen MR) is 102 cm³/mol. The monoisotopic (exact) mass is 385 g/mol. The van der Waals surface area contributed by atoms with Gasteiger partial charge in [-0.2, -0.15) is 4.98 Å². The van der Waals surface area contributed by atoms with E-state index in [1.54, 1.807) is 36.1 Å². The Morgan fingerprint density at radius 2 is 2.00 bits per heavy atom. The standard InChI is InChI=1S/C18H16ClN5O3/c1-23-15-14(16(25)22-18(23)26)24(10-11-4-6-12(19)7-5-11)17(21-15)20-9-13-3-2-8-27-13/h2-8H,9-10H2,1H3,(H,20,21)(H,22,25,26). The molecule has 4 rings (SSSR count). The smallest absolute Gasteiger partial charge is 0.329 e. The highest BCUT2D eigenvalue weighted by atomic mass is 35.5. The molecule has 0 saturated carbocycles. The number of benzene rings is 1. The second-order valence-electron chi connectivity index (χ2n) is 6.07. The van der Waals surface area contributed by atoms with Crippen molar-refractivity contribution in [1.82, 2.24) is 19.1 Å². The summed E-state index contributed by atoms with van der Waals surface area (Å²) in [6, 6.07) is 10.9. The number of rotatable bonds is 5. The number of anilines is 1. The SMILES string of the molecule is Cn1c(=O)[nH]c(=O)c2c1nc(NCc1ccco1)n2Cc1ccc(Cl)cc1. The van der Waals surface area contributed by atoms with Crippen LogP contribution in [0.5, 0.6) is 0 Å². The van der Waals surface area contributed by atoms with Crippen molar-refractivity contribution in [2.24, 2.45) is 7.05 Å². The van der Waals surface area contributed by atoms with Crippen molar-refractivity contribution in [3.63, 3.8) is 0 Å². The van der Waals surface area contributed by atoms with Gasteiger partial charge in [0, 0.05) is 12.1 Å². The number of hydrogen-bond acceptors (Lipinski definition) is 5. The van der Waals surface area contributed by atoms with Crippen molar-refractivity contribution in [2.45, 2.75) is 13.1 Å². The van der Waals surface area contributed by atoms with Crippen molar-refractivity contribution in [3.8, 4) is 0 Å². The fourth-order valence-corrected chi connectivity index (χ4v) is 3.00. The van der Waals surface area contributed by atoms with Crippen LogP contribution in [0.15, 0.2) is 56.7 Å². The first-order valence-electron chi connectivity index (χ1n) is 8.23. The number of hydrogen-bond donors (Lipinski definition) is 2. The molecule has 1 aromatic carbocycles. The van der Waals surface area contributed by atoms with Gasteiger partial charge in [-0.1, -0.05) is 23.7 Å². The molecule has 0 atom stereocenters. The summed E-state index contributed by atoms with van der Waals surface area (Å²) in [5.41, 5.74) is 0.559. The summed E-state index contributed by atoms with van der Waals surface area (Å²) in [7, 11) is 1.57. The Labute approximate surface area is 158 Å². The average Bonchev–Trinajstić information content (AvgIpc) is 3.28. The third-order valence-electron chi connectivity index (χ3n) is 4.26. The molecular formula is C18H16ClN5O3. The lowest BCUT2D eigenvalue weighted by atomic mass is 10.2. The van der Waals surface area contributed by atoms with E-state index in [1.807, 2.05) is 18.2 Å². The van der Waals surface area contributed by atoms with Crippen LogP contribution in [0, 0.1) is 0 Å². The predicted octanol–water partition coefficient (Wildman–Crippen LogP) is 2.33. The summed E-state index contributed by atoms with van der Waals surface area (Å²) in [5, 5.41) is 3.80. The van der Waals surface area contributed by atoms with E-state index in [2.05, 4.69) is 15.3 Å². The maximum absolute atomic E-state index is 12.5. The number of imidazole rings is 1. The van der Waals surface area contributed by atoms with E-state index >= 15 is 0 Å². The minimum atomic E-state index is -0.513. The largest absolute Gasteiger partial charge is 0.467 e. The quantitative estimate of drug-likeness (QED) is 0.549. The molecule has 0 fully saturated rings. The second-order valence-corrected chi connectivity index (χ2v) is 6.51. The molecule has 0 unspecified atom stereocenters. The first kappa shape index (κ1) is 17.2. The van der Waals surface area contributed by atoms with E-state index in [9.17, 15) is 9.59 Å². The third kappa shape index (κ3) is 3.26. The Kier molecular flexibility index (Phi) is 4.33. The van der Waals surface area contributed by atoms with E-state index in [0.717, 1.165) is 11.3 Å². The van der Waals surface area contributed by atoms with Gasteiger partial charge < -0.3 is 9.73 Å². The molecule has 0 spiro atoms.